The van der Waals surface area contributed by atoms with Gasteiger partial charge in [-0.05, 0) is 36.1 Å². The molecule has 138 valence electrons. The zero-order valence-electron chi connectivity index (χ0n) is 15.8. The Morgan fingerprint density at radius 3 is 2.11 bits per heavy atom. The Hall–Kier alpha value is -3.01. The van der Waals surface area contributed by atoms with Crippen molar-refractivity contribution in [1.29, 1.82) is 0 Å². The third-order valence-electron chi connectivity index (χ3n) is 4.65. The summed E-state index contributed by atoms with van der Waals surface area (Å²) in [6, 6.07) is 16.5. The zero-order valence-corrected chi connectivity index (χ0v) is 15.8. The van der Waals surface area contributed by atoms with Gasteiger partial charge in [0.1, 0.15) is 0 Å². The van der Waals surface area contributed by atoms with Gasteiger partial charge in [-0.1, -0.05) is 43.3 Å². The van der Waals surface area contributed by atoms with Gasteiger partial charge in [-0.15, -0.1) is 0 Å². The summed E-state index contributed by atoms with van der Waals surface area (Å²) >= 11 is 0. The summed E-state index contributed by atoms with van der Waals surface area (Å²) in [5, 5.41) is 0. The highest BCUT2D eigenvalue weighted by atomic mass is 16.5. The maximum Gasteiger partial charge on any atom is 0.305 e. The molecule has 27 heavy (non-hydrogen) atoms. The van der Waals surface area contributed by atoms with Gasteiger partial charge in [-0.2, -0.15) is 0 Å². The van der Waals surface area contributed by atoms with Gasteiger partial charge < -0.3 is 4.74 Å². The molecule has 0 N–H and O–H groups in total. The van der Waals surface area contributed by atoms with E-state index in [4.69, 9.17) is 4.74 Å². The predicted molar refractivity (Wildman–Crippen MR) is 106 cm³/mol. The number of nitrogens with zero attached hydrogens (tertiary/aromatic N) is 2. The van der Waals surface area contributed by atoms with Crippen LogP contribution in [0.15, 0.2) is 60.9 Å². The Labute approximate surface area is 160 Å². The summed E-state index contributed by atoms with van der Waals surface area (Å²) in [5.41, 5.74) is 6.74. The van der Waals surface area contributed by atoms with Crippen LogP contribution in [-0.4, -0.2) is 23.0 Å². The van der Waals surface area contributed by atoms with Gasteiger partial charge in [0.15, 0.2) is 0 Å². The van der Waals surface area contributed by atoms with E-state index in [0.717, 1.165) is 40.9 Å². The van der Waals surface area contributed by atoms with Gasteiger partial charge in [-0.3, -0.25) is 14.8 Å². The lowest BCUT2D eigenvalue weighted by molar-refractivity contribution is -0.140. The van der Waals surface area contributed by atoms with Gasteiger partial charge in [0.2, 0.25) is 0 Å². The molecule has 1 aromatic carbocycles. The van der Waals surface area contributed by atoms with E-state index in [1.165, 1.54) is 12.7 Å². The third-order valence-corrected chi connectivity index (χ3v) is 4.65. The standard InChI is InChI=1S/C23H24N2O2/c1-3-21-19(6-4-14-24-21)20-7-5-15-25-22(20)16-18-10-8-17(9-11-18)12-13-23(26)27-2/h4-11,14-15H,3,12-13,16H2,1-2H3. The SMILES string of the molecule is CCc1ncccc1-c1cccnc1Cc1ccc(CCC(=O)OC)cc1. The predicted octanol–water partition coefficient (Wildman–Crippen LogP) is 4.40. The minimum atomic E-state index is -0.180. The van der Waals surface area contributed by atoms with Crippen molar-refractivity contribution in [3.8, 4) is 11.1 Å². The largest absolute Gasteiger partial charge is 0.469 e. The second-order valence-corrected chi connectivity index (χ2v) is 6.42. The molecule has 0 saturated heterocycles. The molecule has 0 fully saturated rings. The van der Waals surface area contributed by atoms with Crippen molar-refractivity contribution in [2.45, 2.75) is 32.6 Å². The third kappa shape index (κ3) is 4.79. The maximum atomic E-state index is 11.3. The molecule has 0 saturated carbocycles. The minimum Gasteiger partial charge on any atom is -0.469 e. The van der Waals surface area contributed by atoms with Crippen LogP contribution in [0.4, 0.5) is 0 Å². The van der Waals surface area contributed by atoms with E-state index >= 15 is 0 Å². The summed E-state index contributed by atoms with van der Waals surface area (Å²) < 4.78 is 4.70. The van der Waals surface area contributed by atoms with Crippen molar-refractivity contribution in [1.82, 2.24) is 9.97 Å². The molecule has 0 bridgehead atoms. The first-order valence-corrected chi connectivity index (χ1v) is 9.24. The fourth-order valence-electron chi connectivity index (χ4n) is 3.15. The van der Waals surface area contributed by atoms with Crippen molar-refractivity contribution in [2.75, 3.05) is 7.11 Å². The normalized spacial score (nSPS) is 10.6. The summed E-state index contributed by atoms with van der Waals surface area (Å²) in [5.74, 6) is -0.180. The molecular weight excluding hydrogens is 336 g/mol. The highest BCUT2D eigenvalue weighted by Crippen LogP contribution is 2.26. The van der Waals surface area contributed by atoms with E-state index in [-0.39, 0.29) is 5.97 Å². The molecule has 3 aromatic rings. The number of aromatic nitrogens is 2. The van der Waals surface area contributed by atoms with Crippen LogP contribution in [0.3, 0.4) is 0 Å². The Morgan fingerprint density at radius 1 is 0.889 bits per heavy atom. The first kappa shape index (κ1) is 18.8. The van der Waals surface area contributed by atoms with Crippen molar-refractivity contribution in [3.63, 3.8) is 0 Å². The lowest BCUT2D eigenvalue weighted by Crippen LogP contribution is -2.02. The van der Waals surface area contributed by atoms with E-state index < -0.39 is 0 Å². The molecule has 2 heterocycles. The molecule has 0 spiro atoms. The monoisotopic (exact) mass is 360 g/mol. The molecule has 2 aromatic heterocycles. The van der Waals surface area contributed by atoms with Crippen LogP contribution < -0.4 is 0 Å². The van der Waals surface area contributed by atoms with Gasteiger partial charge in [0.25, 0.3) is 0 Å². The van der Waals surface area contributed by atoms with Crippen LogP contribution in [0.25, 0.3) is 11.1 Å². The average Bonchev–Trinajstić information content (AvgIpc) is 2.73. The molecule has 0 unspecified atom stereocenters. The number of hydrogen-bond donors (Lipinski definition) is 0. The van der Waals surface area contributed by atoms with Crippen molar-refractivity contribution < 1.29 is 9.53 Å². The highest BCUT2D eigenvalue weighted by molar-refractivity contribution is 5.69. The van der Waals surface area contributed by atoms with Gasteiger partial charge in [-0.25, -0.2) is 0 Å². The fourth-order valence-corrected chi connectivity index (χ4v) is 3.15. The highest BCUT2D eigenvalue weighted by Gasteiger charge is 2.11. The number of aryl methyl sites for hydroxylation is 2. The zero-order chi connectivity index (χ0) is 19.1. The van der Waals surface area contributed by atoms with E-state index in [9.17, 15) is 4.79 Å². The molecule has 0 aliphatic carbocycles. The molecule has 4 nitrogen and oxygen atoms in total. The van der Waals surface area contributed by atoms with E-state index in [1.807, 2.05) is 24.5 Å². The summed E-state index contributed by atoms with van der Waals surface area (Å²) in [6.45, 7) is 2.12. The number of carbonyl (C=O) groups excluding carboxylic acids is 1. The van der Waals surface area contributed by atoms with Crippen molar-refractivity contribution in [2.24, 2.45) is 0 Å². The fraction of sp³-hybridized carbons (Fsp3) is 0.261. The van der Waals surface area contributed by atoms with Gasteiger partial charge >= 0.3 is 5.97 Å². The maximum absolute atomic E-state index is 11.3. The summed E-state index contributed by atoms with van der Waals surface area (Å²) in [4.78, 5) is 20.4. The molecule has 0 radical (unpaired) electrons. The molecule has 0 amide bonds. The number of rotatable bonds is 7. The molecule has 3 rings (SSSR count). The topological polar surface area (TPSA) is 52.1 Å². The second-order valence-electron chi connectivity index (χ2n) is 6.42. The number of ether oxygens (including phenoxy) is 1. The smallest absolute Gasteiger partial charge is 0.305 e. The number of carbonyl (C=O) groups is 1. The number of pyridine rings is 2. The Bertz CT molecular complexity index is 904. The van der Waals surface area contributed by atoms with Crippen molar-refractivity contribution >= 4 is 5.97 Å². The number of hydrogen-bond acceptors (Lipinski definition) is 4. The number of methoxy groups -OCH3 is 1. The van der Waals surface area contributed by atoms with Crippen molar-refractivity contribution in [3.05, 3.63) is 83.4 Å². The lowest BCUT2D eigenvalue weighted by atomic mass is 9.97. The quantitative estimate of drug-likeness (QED) is 0.586. The van der Waals surface area contributed by atoms with Gasteiger partial charge in [0.05, 0.1) is 12.8 Å². The summed E-state index contributed by atoms with van der Waals surface area (Å²) in [7, 11) is 1.42. The van der Waals surface area contributed by atoms with E-state index in [0.29, 0.717) is 12.8 Å². The van der Waals surface area contributed by atoms with Crippen LogP contribution in [0, 0.1) is 0 Å². The summed E-state index contributed by atoms with van der Waals surface area (Å²) in [6.07, 6.45) is 6.42. The Morgan fingerprint density at radius 2 is 1.48 bits per heavy atom. The number of benzene rings is 1. The first-order chi connectivity index (χ1) is 13.2. The Kier molecular flexibility index (Phi) is 6.31. The van der Waals surface area contributed by atoms with Crippen LogP contribution in [-0.2, 0) is 28.8 Å². The van der Waals surface area contributed by atoms with Gasteiger partial charge in [0, 0.05) is 42.1 Å². The van der Waals surface area contributed by atoms with Crippen LogP contribution >= 0.6 is 0 Å². The average molecular weight is 360 g/mol. The van der Waals surface area contributed by atoms with Crippen LogP contribution in [0.2, 0.25) is 0 Å². The number of esters is 1. The lowest BCUT2D eigenvalue weighted by Gasteiger charge is -2.12. The minimum absolute atomic E-state index is 0.180. The molecule has 0 aliphatic heterocycles. The second kappa shape index (κ2) is 9.08. The van der Waals surface area contributed by atoms with Crippen LogP contribution in [0.1, 0.15) is 35.9 Å². The first-order valence-electron chi connectivity index (χ1n) is 9.24. The molecule has 0 atom stereocenters. The Balaban J connectivity index is 1.80. The molecule has 4 heteroatoms. The van der Waals surface area contributed by atoms with E-state index in [1.54, 1.807) is 0 Å². The van der Waals surface area contributed by atoms with E-state index in [2.05, 4.69) is 53.3 Å². The molecule has 0 aliphatic rings. The molecular formula is C23H24N2O2. The van der Waals surface area contributed by atoms with Crippen LogP contribution in [0.5, 0.6) is 0 Å².